The molecule has 2 fully saturated rings. The first kappa shape index (κ1) is 21.0. The topological polar surface area (TPSA) is 79.2 Å². The Hall–Kier alpha value is -0.320. The van der Waals surface area contributed by atoms with Crippen molar-refractivity contribution >= 4 is 8.60 Å². The monoisotopic (exact) mass is 375 g/mol. The Kier molecular flexibility index (Phi) is 9.01. The molecule has 0 aliphatic carbocycles. The molecule has 2 aliphatic heterocycles. The van der Waals surface area contributed by atoms with E-state index in [1.54, 1.807) is 7.11 Å². The molecule has 0 N–H and O–H groups in total. The number of rotatable bonds is 10. The minimum Gasteiger partial charge on any atom is -0.379 e. The first-order valence-corrected chi connectivity index (χ1v) is 10.1. The maximum Gasteiger partial charge on any atom is 0.333 e. The number of nitriles is 1. The van der Waals surface area contributed by atoms with E-state index in [9.17, 15) is 0 Å². The van der Waals surface area contributed by atoms with Crippen LogP contribution in [0.3, 0.4) is 0 Å². The van der Waals surface area contributed by atoms with E-state index in [-0.39, 0.29) is 43.2 Å². The highest BCUT2D eigenvalue weighted by Crippen LogP contribution is 2.45. The van der Waals surface area contributed by atoms with Crippen molar-refractivity contribution < 1.29 is 27.8 Å². The lowest BCUT2D eigenvalue weighted by Crippen LogP contribution is -2.28. The zero-order valence-electron chi connectivity index (χ0n) is 15.6. The van der Waals surface area contributed by atoms with Gasteiger partial charge in [0.2, 0.25) is 0 Å². The van der Waals surface area contributed by atoms with E-state index < -0.39 is 8.60 Å². The predicted molar refractivity (Wildman–Crippen MR) is 92.9 cm³/mol. The van der Waals surface area contributed by atoms with Crippen molar-refractivity contribution in [3.8, 4) is 6.07 Å². The van der Waals surface area contributed by atoms with Gasteiger partial charge in [0.15, 0.2) is 0 Å². The molecule has 0 saturated carbocycles. The summed E-state index contributed by atoms with van der Waals surface area (Å²) in [5.41, 5.74) is 0. The van der Waals surface area contributed by atoms with Crippen molar-refractivity contribution in [2.45, 2.75) is 83.1 Å². The highest BCUT2D eigenvalue weighted by Gasteiger charge is 2.37. The molecular formula is C17H30NO6P. The lowest BCUT2D eigenvalue weighted by atomic mass is 10.1. The molecule has 0 spiro atoms. The van der Waals surface area contributed by atoms with Crippen LogP contribution in [0.25, 0.3) is 0 Å². The molecule has 0 aromatic rings. The number of ether oxygens (including phenoxy) is 3. The van der Waals surface area contributed by atoms with Crippen LogP contribution in [0, 0.1) is 11.3 Å². The van der Waals surface area contributed by atoms with Gasteiger partial charge in [0.1, 0.15) is 6.10 Å². The molecule has 0 radical (unpaired) electrons. The van der Waals surface area contributed by atoms with Gasteiger partial charge in [-0.25, -0.2) is 0 Å². The quantitative estimate of drug-likeness (QED) is 0.428. The number of methoxy groups -OCH3 is 1. The second-order valence-corrected chi connectivity index (χ2v) is 7.70. The fourth-order valence-corrected chi connectivity index (χ4v) is 4.36. The van der Waals surface area contributed by atoms with Crippen LogP contribution in [0.5, 0.6) is 0 Å². The van der Waals surface area contributed by atoms with E-state index in [0.717, 1.165) is 19.3 Å². The first-order chi connectivity index (χ1) is 12.1. The summed E-state index contributed by atoms with van der Waals surface area (Å²) in [5, 5.41) is 8.72. The minimum absolute atomic E-state index is 0.0178. The van der Waals surface area contributed by atoms with Crippen molar-refractivity contribution in [1.29, 1.82) is 5.26 Å². The van der Waals surface area contributed by atoms with E-state index in [1.807, 2.05) is 13.8 Å². The van der Waals surface area contributed by atoms with Gasteiger partial charge in [0.05, 0.1) is 56.2 Å². The van der Waals surface area contributed by atoms with Crippen LogP contribution < -0.4 is 0 Å². The van der Waals surface area contributed by atoms with Crippen molar-refractivity contribution in [2.75, 3.05) is 20.3 Å². The lowest BCUT2D eigenvalue weighted by Gasteiger charge is -2.25. The van der Waals surface area contributed by atoms with Gasteiger partial charge >= 0.3 is 8.60 Å². The smallest absolute Gasteiger partial charge is 0.333 e. The molecule has 7 nitrogen and oxygen atoms in total. The van der Waals surface area contributed by atoms with E-state index in [2.05, 4.69) is 13.0 Å². The molecule has 2 aliphatic rings. The number of nitrogens with zero attached hydrogens (tertiary/aromatic N) is 1. The first-order valence-electron chi connectivity index (χ1n) is 9.00. The Balaban J connectivity index is 1.87. The van der Waals surface area contributed by atoms with E-state index in [0.29, 0.717) is 13.0 Å². The second-order valence-electron chi connectivity index (χ2n) is 6.53. The molecular weight excluding hydrogens is 345 g/mol. The van der Waals surface area contributed by atoms with Crippen molar-refractivity contribution in [3.63, 3.8) is 0 Å². The summed E-state index contributed by atoms with van der Waals surface area (Å²) in [4.78, 5) is 0. The largest absolute Gasteiger partial charge is 0.379 e. The zero-order valence-corrected chi connectivity index (χ0v) is 16.4. The van der Waals surface area contributed by atoms with Gasteiger partial charge in [-0.1, -0.05) is 6.92 Å². The Labute approximate surface area is 151 Å². The summed E-state index contributed by atoms with van der Waals surface area (Å²) >= 11 is 0. The van der Waals surface area contributed by atoms with Gasteiger partial charge in [-0.15, -0.1) is 0 Å². The Morgan fingerprint density at radius 1 is 1.08 bits per heavy atom. The zero-order chi connectivity index (χ0) is 18.2. The van der Waals surface area contributed by atoms with Crippen LogP contribution >= 0.6 is 8.60 Å². The van der Waals surface area contributed by atoms with E-state index >= 15 is 0 Å². The minimum atomic E-state index is -1.56. The summed E-state index contributed by atoms with van der Waals surface area (Å²) in [6, 6.07) is 2.07. The van der Waals surface area contributed by atoms with Crippen LogP contribution in [0.4, 0.5) is 0 Å². The van der Waals surface area contributed by atoms with Crippen molar-refractivity contribution in [1.82, 2.24) is 0 Å². The number of hydrogen-bond donors (Lipinski definition) is 0. The van der Waals surface area contributed by atoms with Gasteiger partial charge in [0.25, 0.3) is 0 Å². The van der Waals surface area contributed by atoms with Crippen LogP contribution in [0.2, 0.25) is 0 Å². The molecule has 8 heteroatoms. The lowest BCUT2D eigenvalue weighted by molar-refractivity contribution is -0.0333. The third kappa shape index (κ3) is 6.41. The van der Waals surface area contributed by atoms with Gasteiger partial charge < -0.3 is 27.8 Å². The standard InChI is InChI=1S/C17H30NO6P/c1-5-14-16(10-13(3)22-14)24-25(20-8-6-7-18)21-11-17-15(19-4)9-12(2)23-17/h12-17H,5-6,8-11H2,1-4H3/t12-,13-,14+,15+,16+,17+,25?/m0/s1. The molecule has 144 valence electrons. The second kappa shape index (κ2) is 10.7. The third-order valence-corrected chi connectivity index (χ3v) is 5.65. The Bertz CT molecular complexity index is 434. The Morgan fingerprint density at radius 2 is 1.76 bits per heavy atom. The SMILES string of the molecule is CC[C@H]1O[C@@H](C)C[C@H]1OP(OCCC#N)OC[C@H]1O[C@@H](C)C[C@H]1OC. The average Bonchev–Trinajstić information content (AvgIpc) is 3.14. The molecule has 0 aromatic heterocycles. The van der Waals surface area contributed by atoms with Gasteiger partial charge in [-0.3, -0.25) is 0 Å². The molecule has 2 heterocycles. The van der Waals surface area contributed by atoms with Gasteiger partial charge in [-0.2, -0.15) is 5.26 Å². The van der Waals surface area contributed by atoms with Crippen LogP contribution in [-0.4, -0.2) is 56.9 Å². The van der Waals surface area contributed by atoms with Crippen LogP contribution in [0.1, 0.15) is 46.5 Å². The van der Waals surface area contributed by atoms with Crippen molar-refractivity contribution in [2.24, 2.45) is 0 Å². The molecule has 0 aromatic carbocycles. The van der Waals surface area contributed by atoms with E-state index in [4.69, 9.17) is 33.0 Å². The van der Waals surface area contributed by atoms with E-state index in [1.165, 1.54) is 0 Å². The van der Waals surface area contributed by atoms with Crippen LogP contribution in [0.15, 0.2) is 0 Å². The van der Waals surface area contributed by atoms with Crippen LogP contribution in [-0.2, 0) is 27.8 Å². The molecule has 1 unspecified atom stereocenters. The number of hydrogen-bond acceptors (Lipinski definition) is 7. The summed E-state index contributed by atoms with van der Waals surface area (Å²) in [6.07, 6.45) is 3.07. The molecule has 0 amide bonds. The molecule has 0 bridgehead atoms. The highest BCUT2D eigenvalue weighted by atomic mass is 31.2. The Morgan fingerprint density at radius 3 is 2.40 bits per heavy atom. The maximum absolute atomic E-state index is 8.72. The van der Waals surface area contributed by atoms with Crippen molar-refractivity contribution in [3.05, 3.63) is 0 Å². The summed E-state index contributed by atoms with van der Waals surface area (Å²) < 4.78 is 34.8. The molecule has 2 rings (SSSR count). The highest BCUT2D eigenvalue weighted by molar-refractivity contribution is 7.41. The third-order valence-electron chi connectivity index (χ3n) is 4.45. The predicted octanol–water partition coefficient (Wildman–Crippen LogP) is 3.33. The maximum atomic E-state index is 8.72. The normalized spacial score (nSPS) is 36.4. The molecule has 2 saturated heterocycles. The van der Waals surface area contributed by atoms with Gasteiger partial charge in [0, 0.05) is 20.0 Å². The summed E-state index contributed by atoms with van der Waals surface area (Å²) in [5.74, 6) is 0. The molecule has 25 heavy (non-hydrogen) atoms. The van der Waals surface area contributed by atoms with Gasteiger partial charge in [-0.05, 0) is 20.3 Å². The molecule has 7 atom stereocenters. The summed E-state index contributed by atoms with van der Waals surface area (Å²) in [6.45, 7) is 6.79. The fraction of sp³-hybridized carbons (Fsp3) is 0.941. The average molecular weight is 375 g/mol. The fourth-order valence-electron chi connectivity index (χ4n) is 3.21. The summed E-state index contributed by atoms with van der Waals surface area (Å²) in [7, 11) is 0.130.